The minimum absolute atomic E-state index is 0. The van der Waals surface area contributed by atoms with E-state index >= 15 is 0 Å². The number of hydrogen-bond donors (Lipinski definition) is 2. The molecule has 1 aliphatic rings. The zero-order valence-corrected chi connectivity index (χ0v) is 21.8. The van der Waals surface area contributed by atoms with E-state index < -0.39 is 39.0 Å². The van der Waals surface area contributed by atoms with E-state index in [-0.39, 0.29) is 25.1 Å². The van der Waals surface area contributed by atoms with E-state index in [1.807, 2.05) is 37.2 Å². The van der Waals surface area contributed by atoms with Gasteiger partial charge in [-0.25, -0.2) is 15.3 Å². The van der Waals surface area contributed by atoms with Crippen LogP contribution < -0.4 is 10.2 Å². The molecule has 2 amide bonds. The number of pyridine rings is 1. The van der Waals surface area contributed by atoms with Crippen molar-refractivity contribution in [3.63, 3.8) is 0 Å². The van der Waals surface area contributed by atoms with Crippen molar-refractivity contribution in [2.75, 3.05) is 32.1 Å². The Morgan fingerprint density at radius 1 is 1.39 bits per heavy atom. The third-order valence-electron chi connectivity index (χ3n) is 4.22. The molecule has 1 radical (unpaired) electrons. The van der Waals surface area contributed by atoms with Crippen molar-refractivity contribution >= 4 is 36.7 Å². The second-order valence-corrected chi connectivity index (χ2v) is 10.2. The van der Waals surface area contributed by atoms with E-state index in [0.29, 0.717) is 34.5 Å². The van der Waals surface area contributed by atoms with Gasteiger partial charge in [-0.15, -0.1) is 0 Å². The number of nitrogens with one attached hydrogen (secondary N) is 2. The summed E-state index contributed by atoms with van der Waals surface area (Å²) in [4.78, 5) is 31.6. The first kappa shape index (κ1) is 27.6. The Balaban J connectivity index is 0.000000885. The number of fused-ring (bicyclic) bond motifs is 1. The van der Waals surface area contributed by atoms with Gasteiger partial charge in [-0.2, -0.15) is 0 Å². The molecule has 0 spiro atoms. The average Bonchev–Trinajstić information content (AvgIpc) is 3.04. The van der Waals surface area contributed by atoms with Crippen LogP contribution in [-0.4, -0.2) is 54.8 Å². The molecule has 1 aliphatic heterocycles. The predicted octanol–water partition coefficient (Wildman–Crippen LogP) is 2.77. The molecule has 2 heterocycles. The number of aromatic nitrogens is 1. The van der Waals surface area contributed by atoms with E-state index in [9.17, 15) is 22.3 Å². The fourth-order valence-electron chi connectivity index (χ4n) is 2.78. The van der Waals surface area contributed by atoms with Crippen molar-refractivity contribution in [3.05, 3.63) is 42.6 Å². The van der Waals surface area contributed by atoms with Gasteiger partial charge in [-0.3, -0.25) is 14.6 Å². The van der Waals surface area contributed by atoms with Crippen LogP contribution in [0.2, 0.25) is 0 Å². The fraction of sp³-hybridized carbons (Fsp3) is 0.333. The summed E-state index contributed by atoms with van der Waals surface area (Å²) >= 11 is 0.704. The molecule has 31 heavy (non-hydrogen) atoms. The third-order valence-corrected chi connectivity index (χ3v) is 4.22. The first-order valence-corrected chi connectivity index (χ1v) is 13.3. The first-order valence-electron chi connectivity index (χ1n) is 8.64. The molecule has 2 aromatic rings. The second-order valence-electron chi connectivity index (χ2n) is 6.62. The van der Waals surface area contributed by atoms with Gasteiger partial charge in [0.25, 0.3) is 5.91 Å². The normalized spacial score (nSPS) is 14.5. The molecule has 1 aromatic carbocycles. The smallest absolute Gasteiger partial charge is 2.00 e. The van der Waals surface area contributed by atoms with Gasteiger partial charge in [0.1, 0.15) is 0 Å². The maximum atomic E-state index is 13.2. The molecule has 0 saturated carbocycles. The topological polar surface area (TPSA) is 89.4 Å². The van der Waals surface area contributed by atoms with Crippen molar-refractivity contribution in [3.8, 4) is 0 Å². The summed E-state index contributed by atoms with van der Waals surface area (Å²) in [7, 11) is 2.25. The average molecular weight is 662 g/mol. The van der Waals surface area contributed by atoms with Crippen molar-refractivity contribution in [2.45, 2.75) is 12.3 Å². The Bertz CT molecular complexity index is 1010. The molecule has 1 fully saturated rings. The fourth-order valence-corrected chi connectivity index (χ4v) is 2.78. The van der Waals surface area contributed by atoms with Crippen LogP contribution in [-0.2, 0) is 49.6 Å². The first-order chi connectivity index (χ1) is 14.0. The third kappa shape index (κ3) is 8.22. The Morgan fingerprint density at radius 3 is 2.58 bits per heavy atom. The van der Waals surface area contributed by atoms with Crippen LogP contribution in [0.15, 0.2) is 30.5 Å². The zero-order chi connectivity index (χ0) is 22.5. The standard InChI is InChI=1S/C18H19F2N4O2.FHNS.V.W/c1-23(2)12-3-4-15-14(9-12)13(5-7-21-15)17(26)22-10-16(25)24-8-6-18(19,20)11-24;1-3-2;;/h3-5,7-9H,6,10-11H2,1-2H3,(H,22,26);2H;;/q-1;+1;+2;-2. The number of carbonyl (C=O) groups excluding carboxylic acids is 2. The molecule has 0 unspecified atom stereocenters. The van der Waals surface area contributed by atoms with Gasteiger partial charge in [-0.1, -0.05) is 6.42 Å². The van der Waals surface area contributed by atoms with Crippen LogP contribution in [0.3, 0.4) is 0 Å². The van der Waals surface area contributed by atoms with Gasteiger partial charge >= 0.3 is 53.5 Å². The molecule has 13 heteroatoms. The van der Waals surface area contributed by atoms with Crippen LogP contribution in [0.4, 0.5) is 18.4 Å². The van der Waals surface area contributed by atoms with Gasteiger partial charge in [-0.05, 0) is 24.3 Å². The summed E-state index contributed by atoms with van der Waals surface area (Å²) in [6, 6.07) is 7.11. The van der Waals surface area contributed by atoms with Crippen LogP contribution in [0.25, 0.3) is 10.9 Å². The summed E-state index contributed by atoms with van der Waals surface area (Å²) in [5.41, 5.74) is 1.94. The minimum Gasteiger partial charge on any atom is 2.00 e. The van der Waals surface area contributed by atoms with Gasteiger partial charge < -0.3 is 15.1 Å². The van der Waals surface area contributed by atoms with Crippen molar-refractivity contribution in [2.24, 2.45) is 0 Å². The summed E-state index contributed by atoms with van der Waals surface area (Å²) in [5, 5.41) is 3.16. The predicted molar refractivity (Wildman–Crippen MR) is 105 cm³/mol. The molecule has 7 nitrogen and oxygen atoms in total. The number of rotatable bonds is 4. The largest absolute Gasteiger partial charge is 2.00 e. The monoisotopic (exact) mass is 662 g/mol. The number of benzene rings is 1. The zero-order valence-electron chi connectivity index (χ0n) is 16.6. The number of halogens is 3. The molecule has 0 aliphatic carbocycles. The Hall–Kier alpha value is -1.42. The van der Waals surface area contributed by atoms with Crippen LogP contribution in [0.1, 0.15) is 16.8 Å². The van der Waals surface area contributed by atoms with Crippen molar-refractivity contribution in [1.29, 1.82) is 4.78 Å². The molecular formula is C18H20F3N5O2SVW. The number of hydrogen-bond acceptors (Lipinski definition) is 6. The van der Waals surface area contributed by atoms with Crippen LogP contribution in [0, 0.1) is 11.3 Å². The molecule has 167 valence electrons. The molecule has 3 rings (SSSR count). The van der Waals surface area contributed by atoms with Crippen molar-refractivity contribution < 1.29 is 58.8 Å². The number of anilines is 1. The number of alkyl halides is 2. The Kier molecular flexibility index (Phi) is 10.7. The van der Waals surface area contributed by atoms with Crippen LogP contribution >= 0.6 is 0 Å². The van der Waals surface area contributed by atoms with Crippen molar-refractivity contribution in [1.82, 2.24) is 15.2 Å². The molecule has 0 atom stereocenters. The Labute approximate surface area is 201 Å². The van der Waals surface area contributed by atoms with Gasteiger partial charge in [0, 0.05) is 31.4 Å². The van der Waals surface area contributed by atoms with Gasteiger partial charge in [0.05, 0.1) is 24.2 Å². The number of amides is 2. The molecular weight excluding hydrogens is 642 g/mol. The maximum Gasteiger partial charge on any atom is 2.00 e. The van der Waals surface area contributed by atoms with E-state index in [1.165, 1.54) is 12.7 Å². The molecule has 1 saturated heterocycles. The van der Waals surface area contributed by atoms with Crippen LogP contribution in [0.5, 0.6) is 0 Å². The summed E-state index contributed by atoms with van der Waals surface area (Å²) in [6.45, 7) is 0.175. The van der Waals surface area contributed by atoms with Gasteiger partial charge in [0.15, 0.2) is 0 Å². The number of carbonyl (C=O) groups is 2. The van der Waals surface area contributed by atoms with Gasteiger partial charge in [0.2, 0.25) is 11.8 Å². The summed E-state index contributed by atoms with van der Waals surface area (Å²) < 4.78 is 43.1. The molecule has 1 aromatic heterocycles. The maximum absolute atomic E-state index is 13.2. The molecule has 0 bridgehead atoms. The SMILES string of the molecule is CN(C)c1ccc2nccc(C(=O)NCC(=O)N3[CH-]CC(F)(F)C3)c2c1.N=[S-](F)=[W].[V+2]. The van der Waals surface area contributed by atoms with E-state index in [0.717, 1.165) is 10.6 Å². The summed E-state index contributed by atoms with van der Waals surface area (Å²) in [6.07, 6.45) is 1.05. The Morgan fingerprint density at radius 2 is 2.03 bits per heavy atom. The minimum atomic E-state index is -2.90. The molecule has 2 N–H and O–H groups in total. The number of nitrogens with zero attached hydrogens (tertiary/aromatic N) is 3. The van der Waals surface area contributed by atoms with E-state index in [4.69, 9.17) is 4.78 Å². The van der Waals surface area contributed by atoms with E-state index in [1.54, 1.807) is 6.07 Å². The number of likely N-dealkylation sites (tertiary alicyclic amines) is 1. The van der Waals surface area contributed by atoms with E-state index in [2.05, 4.69) is 10.3 Å². The second kappa shape index (κ2) is 12.0. The summed E-state index contributed by atoms with van der Waals surface area (Å²) in [5.74, 6) is -3.92. The quantitative estimate of drug-likeness (QED) is 0.390.